The maximum atomic E-state index is 13.0. The van der Waals surface area contributed by atoms with E-state index >= 15 is 0 Å². The molecule has 1 aromatic carbocycles. The van der Waals surface area contributed by atoms with Crippen molar-refractivity contribution in [3.63, 3.8) is 0 Å². The second-order valence-corrected chi connectivity index (χ2v) is 8.36. The van der Waals surface area contributed by atoms with Gasteiger partial charge in [-0.15, -0.1) is 0 Å². The smallest absolute Gasteiger partial charge is 0.289 e. The Bertz CT molecular complexity index is 1060. The van der Waals surface area contributed by atoms with Crippen molar-refractivity contribution in [2.75, 3.05) is 0 Å². The summed E-state index contributed by atoms with van der Waals surface area (Å²) < 4.78 is 8.21. The number of rotatable bonds is 12. The van der Waals surface area contributed by atoms with Crippen LogP contribution in [0, 0.1) is 5.92 Å². The highest BCUT2D eigenvalue weighted by Gasteiger charge is 2.28. The molecule has 32 heavy (non-hydrogen) atoms. The first-order valence-corrected chi connectivity index (χ1v) is 11.7. The number of ketones is 1. The van der Waals surface area contributed by atoms with E-state index in [1.54, 1.807) is 0 Å². The predicted octanol–water partition coefficient (Wildman–Crippen LogP) is 5.51. The molecule has 0 spiro atoms. The van der Waals surface area contributed by atoms with Crippen LogP contribution in [0.2, 0.25) is 0 Å². The number of benzene rings is 1. The van der Waals surface area contributed by atoms with Crippen molar-refractivity contribution < 1.29 is 14.3 Å². The van der Waals surface area contributed by atoms with Crippen LogP contribution in [0.5, 0.6) is 5.75 Å². The van der Waals surface area contributed by atoms with Gasteiger partial charge in [0.2, 0.25) is 0 Å². The molecule has 5 heteroatoms. The van der Waals surface area contributed by atoms with Crippen molar-refractivity contribution in [1.82, 2.24) is 4.40 Å². The van der Waals surface area contributed by atoms with Gasteiger partial charge in [-0.1, -0.05) is 76.8 Å². The lowest BCUT2D eigenvalue weighted by Crippen LogP contribution is -2.24. The topological polar surface area (TPSA) is 73.8 Å². The number of pyridine rings is 1. The Balaban J connectivity index is 2.14. The van der Waals surface area contributed by atoms with Gasteiger partial charge in [-0.05, 0) is 42.0 Å². The van der Waals surface area contributed by atoms with Crippen molar-refractivity contribution in [2.45, 2.75) is 65.9 Å². The van der Waals surface area contributed by atoms with Crippen molar-refractivity contribution in [2.24, 2.45) is 11.7 Å². The summed E-state index contributed by atoms with van der Waals surface area (Å²) in [5.41, 5.74) is 9.53. The van der Waals surface area contributed by atoms with E-state index in [2.05, 4.69) is 13.8 Å². The molecule has 0 unspecified atom stereocenters. The van der Waals surface area contributed by atoms with Crippen LogP contribution in [0.15, 0.2) is 48.7 Å². The van der Waals surface area contributed by atoms with Gasteiger partial charge in [0.05, 0.1) is 11.1 Å². The molecule has 3 aromatic rings. The average Bonchev–Trinajstić information content (AvgIpc) is 3.11. The molecule has 0 aliphatic heterocycles. The third kappa shape index (κ3) is 5.04. The number of hydrogen-bond donors (Lipinski definition) is 1. The molecule has 2 aromatic heterocycles. The minimum atomic E-state index is -0.935. The number of carbonyl (C=O) groups excluding carboxylic acids is 2. The van der Waals surface area contributed by atoms with Crippen LogP contribution >= 0.6 is 0 Å². The summed E-state index contributed by atoms with van der Waals surface area (Å²) in [5, 5.41) is 0. The maximum absolute atomic E-state index is 13.0. The third-order valence-electron chi connectivity index (χ3n) is 6.05. The zero-order chi connectivity index (χ0) is 23.1. The number of nitrogens with two attached hydrogens (primary N) is 1. The fourth-order valence-electron chi connectivity index (χ4n) is 4.65. The molecule has 1 amide bonds. The largest absolute Gasteiger partial charge is 0.487 e. The maximum Gasteiger partial charge on any atom is 0.289 e. The number of nitrogens with zero attached hydrogens (tertiary/aromatic N) is 1. The first-order chi connectivity index (χ1) is 15.5. The highest BCUT2D eigenvalue weighted by molar-refractivity contribution is 6.44. The monoisotopic (exact) mass is 434 g/mol. The van der Waals surface area contributed by atoms with E-state index in [9.17, 15) is 9.59 Å². The third-order valence-corrected chi connectivity index (χ3v) is 6.05. The van der Waals surface area contributed by atoms with Gasteiger partial charge in [-0.25, -0.2) is 0 Å². The minimum absolute atomic E-state index is 0.376. The molecule has 3 rings (SSSR count). The van der Waals surface area contributed by atoms with Gasteiger partial charge in [0, 0.05) is 11.9 Å². The molecule has 0 saturated heterocycles. The van der Waals surface area contributed by atoms with Gasteiger partial charge in [0.1, 0.15) is 12.4 Å². The Kier molecular flexibility index (Phi) is 8.09. The number of amides is 1. The molecule has 0 aliphatic rings. The molecule has 5 nitrogen and oxygen atoms in total. The van der Waals surface area contributed by atoms with E-state index in [1.807, 2.05) is 60.0 Å². The molecule has 0 radical (unpaired) electrons. The van der Waals surface area contributed by atoms with Gasteiger partial charge >= 0.3 is 0 Å². The van der Waals surface area contributed by atoms with E-state index in [4.69, 9.17) is 10.5 Å². The number of primary amides is 1. The standard InChI is InChI=1S/C27H34N2O3/c1-4-11-19(12-5-2)17-22-21(6-3)24(26(30)27(28)31)25-23(15-10-16-29(22)25)32-18-20-13-8-7-9-14-20/h7-10,13-16,19H,4-6,11-12,17-18H2,1-3H3,(H2,28,31). The quantitative estimate of drug-likeness (QED) is 0.302. The number of hydrogen-bond acceptors (Lipinski definition) is 3. The zero-order valence-corrected chi connectivity index (χ0v) is 19.4. The average molecular weight is 435 g/mol. The van der Waals surface area contributed by atoms with E-state index in [0.29, 0.717) is 35.8 Å². The fraction of sp³-hybridized carbons (Fsp3) is 0.407. The van der Waals surface area contributed by atoms with Crippen LogP contribution in [-0.4, -0.2) is 16.1 Å². The predicted molar refractivity (Wildman–Crippen MR) is 128 cm³/mol. The van der Waals surface area contributed by atoms with Crippen LogP contribution in [-0.2, 0) is 24.2 Å². The lowest BCUT2D eigenvalue weighted by Gasteiger charge is -2.17. The second-order valence-electron chi connectivity index (χ2n) is 8.36. The number of fused-ring (bicyclic) bond motifs is 1. The minimum Gasteiger partial charge on any atom is -0.487 e. The summed E-state index contributed by atoms with van der Waals surface area (Å²) in [6.07, 6.45) is 7.98. The highest BCUT2D eigenvalue weighted by atomic mass is 16.5. The lowest BCUT2D eigenvalue weighted by atomic mass is 9.90. The summed E-state index contributed by atoms with van der Waals surface area (Å²) in [7, 11) is 0. The van der Waals surface area contributed by atoms with Gasteiger partial charge < -0.3 is 14.9 Å². The summed E-state index contributed by atoms with van der Waals surface area (Å²) in [6.45, 7) is 6.81. The Morgan fingerprint density at radius 2 is 1.69 bits per heavy atom. The molecule has 0 atom stereocenters. The summed E-state index contributed by atoms with van der Waals surface area (Å²) >= 11 is 0. The molecule has 0 fully saturated rings. The molecule has 170 valence electrons. The molecule has 0 aliphatic carbocycles. The van der Waals surface area contributed by atoms with Crippen LogP contribution in [0.25, 0.3) is 5.52 Å². The summed E-state index contributed by atoms with van der Waals surface area (Å²) in [6, 6.07) is 13.7. The first kappa shape index (κ1) is 23.6. The van der Waals surface area contributed by atoms with Gasteiger partial charge in [0.25, 0.3) is 11.7 Å². The molecular weight excluding hydrogens is 400 g/mol. The molecular formula is C27H34N2O3. The fourth-order valence-corrected chi connectivity index (χ4v) is 4.65. The Labute approximate surface area is 190 Å². The van der Waals surface area contributed by atoms with Crippen molar-refractivity contribution in [3.05, 3.63) is 71.0 Å². The number of carbonyl (C=O) groups is 2. The first-order valence-electron chi connectivity index (χ1n) is 11.7. The van der Waals surface area contributed by atoms with Crippen molar-refractivity contribution in [3.8, 4) is 5.75 Å². The Hall–Kier alpha value is -3.08. The van der Waals surface area contributed by atoms with Crippen molar-refractivity contribution in [1.29, 1.82) is 0 Å². The SMILES string of the molecule is CCCC(CCC)Cc1c(CC)c(C(=O)C(N)=O)c2c(OCc3ccccc3)cccn12. The summed E-state index contributed by atoms with van der Waals surface area (Å²) in [4.78, 5) is 24.9. The van der Waals surface area contributed by atoms with Gasteiger partial charge in [-0.2, -0.15) is 0 Å². The Morgan fingerprint density at radius 3 is 2.28 bits per heavy atom. The van der Waals surface area contributed by atoms with Gasteiger partial charge in [0.15, 0.2) is 0 Å². The van der Waals surface area contributed by atoms with Crippen LogP contribution in [0.3, 0.4) is 0 Å². The molecule has 0 saturated carbocycles. The normalized spacial score (nSPS) is 11.2. The van der Waals surface area contributed by atoms with E-state index in [0.717, 1.165) is 48.9 Å². The van der Waals surface area contributed by atoms with Crippen molar-refractivity contribution >= 4 is 17.2 Å². The van der Waals surface area contributed by atoms with Crippen LogP contribution in [0.4, 0.5) is 0 Å². The lowest BCUT2D eigenvalue weighted by molar-refractivity contribution is -0.114. The Morgan fingerprint density at radius 1 is 1.00 bits per heavy atom. The van der Waals surface area contributed by atoms with E-state index < -0.39 is 11.7 Å². The second kappa shape index (κ2) is 11.0. The van der Waals surface area contributed by atoms with Crippen LogP contribution < -0.4 is 10.5 Å². The molecule has 2 heterocycles. The number of aromatic nitrogens is 1. The molecule has 0 bridgehead atoms. The zero-order valence-electron chi connectivity index (χ0n) is 19.4. The van der Waals surface area contributed by atoms with Crippen LogP contribution in [0.1, 0.15) is 73.6 Å². The molecule has 2 N–H and O–H groups in total. The van der Waals surface area contributed by atoms with E-state index in [-0.39, 0.29) is 0 Å². The highest BCUT2D eigenvalue weighted by Crippen LogP contribution is 2.34. The van der Waals surface area contributed by atoms with Gasteiger partial charge in [-0.3, -0.25) is 9.59 Å². The van der Waals surface area contributed by atoms with E-state index in [1.165, 1.54) is 0 Å². The number of Topliss-reactive ketones (excluding diaryl/α,β-unsaturated/α-hetero) is 1. The number of ether oxygens (including phenoxy) is 1. The summed E-state index contributed by atoms with van der Waals surface area (Å²) in [5.74, 6) is -0.470.